The van der Waals surface area contributed by atoms with Crippen molar-refractivity contribution in [1.29, 1.82) is 0 Å². The van der Waals surface area contributed by atoms with E-state index in [9.17, 15) is 0 Å². The number of hydrogen-bond acceptors (Lipinski definition) is 5. The number of thiazole rings is 1. The Bertz CT molecular complexity index is 684. The van der Waals surface area contributed by atoms with Crippen molar-refractivity contribution >= 4 is 23.0 Å². The van der Waals surface area contributed by atoms with Gasteiger partial charge in [0.25, 0.3) is 0 Å². The molecular formula is C15H18N4O2S. The van der Waals surface area contributed by atoms with E-state index < -0.39 is 0 Å². The number of aryl methyl sites for hydroxylation is 1. The molecule has 0 atom stereocenters. The van der Waals surface area contributed by atoms with Gasteiger partial charge in [-0.1, -0.05) is 0 Å². The number of anilines is 1. The fourth-order valence-electron chi connectivity index (χ4n) is 2.07. The maximum absolute atomic E-state index is 5.92. The first-order valence-corrected chi connectivity index (χ1v) is 7.90. The molecule has 0 aliphatic carbocycles. The molecule has 0 saturated carbocycles. The molecule has 3 N–H and O–H groups in total. The maximum Gasteiger partial charge on any atom is 0.193 e. The second-order valence-corrected chi connectivity index (χ2v) is 6.20. The molecule has 0 fully saturated rings. The Balaban J connectivity index is 1.65. The standard InChI is InChI=1S/C15H18N4O2S/c1-10-17-8-12(22-10)9-18-15(16)19-11-3-4-13-14(7-11)21-6-2-5-20-13/h3-4,7-8H,2,5-6,9H2,1H3,(H3,16,18,19). The van der Waals surface area contributed by atoms with Crippen LogP contribution in [0.1, 0.15) is 16.3 Å². The van der Waals surface area contributed by atoms with Crippen LogP contribution in [0.3, 0.4) is 0 Å². The zero-order valence-electron chi connectivity index (χ0n) is 12.3. The highest BCUT2D eigenvalue weighted by atomic mass is 32.1. The number of hydrogen-bond donors (Lipinski definition) is 2. The van der Waals surface area contributed by atoms with Crippen molar-refractivity contribution in [2.45, 2.75) is 19.9 Å². The van der Waals surface area contributed by atoms with Crippen molar-refractivity contribution in [1.82, 2.24) is 4.98 Å². The van der Waals surface area contributed by atoms with Gasteiger partial charge in [0.2, 0.25) is 0 Å². The minimum Gasteiger partial charge on any atom is -0.490 e. The van der Waals surface area contributed by atoms with Gasteiger partial charge in [0.05, 0.1) is 24.8 Å². The second kappa shape index (κ2) is 6.65. The normalized spacial score (nSPS) is 14.5. The molecule has 1 aliphatic heterocycles. The predicted octanol–water partition coefficient (Wildman–Crippen LogP) is 2.54. The predicted molar refractivity (Wildman–Crippen MR) is 87.8 cm³/mol. The van der Waals surface area contributed by atoms with Crippen LogP contribution >= 0.6 is 11.3 Å². The lowest BCUT2D eigenvalue weighted by atomic mass is 10.3. The Labute approximate surface area is 133 Å². The summed E-state index contributed by atoms with van der Waals surface area (Å²) in [5.74, 6) is 1.85. The van der Waals surface area contributed by atoms with E-state index in [1.807, 2.05) is 31.3 Å². The molecule has 2 heterocycles. The van der Waals surface area contributed by atoms with Crippen molar-refractivity contribution in [2.24, 2.45) is 10.7 Å². The molecule has 0 amide bonds. The molecule has 1 aromatic heterocycles. The van der Waals surface area contributed by atoms with Crippen LogP contribution in [0, 0.1) is 6.92 Å². The van der Waals surface area contributed by atoms with Crippen molar-refractivity contribution in [3.8, 4) is 11.5 Å². The molecule has 1 aromatic carbocycles. The molecule has 0 bridgehead atoms. The minimum absolute atomic E-state index is 0.362. The van der Waals surface area contributed by atoms with E-state index >= 15 is 0 Å². The van der Waals surface area contributed by atoms with E-state index in [0.717, 1.165) is 33.5 Å². The first kappa shape index (κ1) is 14.6. The number of guanidine groups is 1. The van der Waals surface area contributed by atoms with Crippen LogP contribution < -0.4 is 20.5 Å². The van der Waals surface area contributed by atoms with Gasteiger partial charge in [-0.3, -0.25) is 0 Å². The van der Waals surface area contributed by atoms with Crippen LogP contribution in [0.5, 0.6) is 11.5 Å². The number of fused-ring (bicyclic) bond motifs is 1. The monoisotopic (exact) mass is 318 g/mol. The number of nitrogens with one attached hydrogen (secondary N) is 1. The van der Waals surface area contributed by atoms with E-state index in [1.54, 1.807) is 11.3 Å². The second-order valence-electron chi connectivity index (χ2n) is 4.88. The van der Waals surface area contributed by atoms with Gasteiger partial charge >= 0.3 is 0 Å². The zero-order chi connectivity index (χ0) is 15.4. The summed E-state index contributed by atoms with van der Waals surface area (Å²) in [7, 11) is 0. The molecule has 6 nitrogen and oxygen atoms in total. The van der Waals surface area contributed by atoms with Crippen molar-refractivity contribution in [3.63, 3.8) is 0 Å². The summed E-state index contributed by atoms with van der Waals surface area (Å²) >= 11 is 1.62. The lowest BCUT2D eigenvalue weighted by Crippen LogP contribution is -2.22. The molecule has 7 heteroatoms. The number of nitrogens with two attached hydrogens (primary N) is 1. The van der Waals surface area contributed by atoms with Crippen molar-refractivity contribution < 1.29 is 9.47 Å². The fourth-order valence-corrected chi connectivity index (χ4v) is 2.79. The van der Waals surface area contributed by atoms with Crippen LogP contribution in [0.25, 0.3) is 0 Å². The van der Waals surface area contributed by atoms with Gasteiger partial charge in [0.15, 0.2) is 17.5 Å². The Hall–Kier alpha value is -2.28. The number of benzene rings is 1. The number of ether oxygens (including phenoxy) is 2. The Morgan fingerprint density at radius 1 is 1.36 bits per heavy atom. The van der Waals surface area contributed by atoms with Gasteiger partial charge in [-0.2, -0.15) is 0 Å². The Kier molecular flexibility index (Phi) is 4.43. The lowest BCUT2D eigenvalue weighted by Gasteiger charge is -2.10. The maximum atomic E-state index is 5.92. The molecule has 0 spiro atoms. The third-order valence-electron chi connectivity index (χ3n) is 3.09. The van der Waals surface area contributed by atoms with Gasteiger partial charge in [0.1, 0.15) is 0 Å². The zero-order valence-corrected chi connectivity index (χ0v) is 13.2. The Morgan fingerprint density at radius 3 is 2.95 bits per heavy atom. The fraction of sp³-hybridized carbons (Fsp3) is 0.333. The van der Waals surface area contributed by atoms with Gasteiger partial charge in [-0.15, -0.1) is 11.3 Å². The van der Waals surface area contributed by atoms with E-state index in [2.05, 4.69) is 15.3 Å². The van der Waals surface area contributed by atoms with E-state index in [0.29, 0.717) is 25.7 Å². The quantitative estimate of drug-likeness (QED) is 0.671. The summed E-state index contributed by atoms with van der Waals surface area (Å²) in [6, 6.07) is 5.65. The van der Waals surface area contributed by atoms with Gasteiger partial charge in [0, 0.05) is 29.2 Å². The summed E-state index contributed by atoms with van der Waals surface area (Å²) in [4.78, 5) is 9.59. The van der Waals surface area contributed by atoms with Crippen LogP contribution in [-0.4, -0.2) is 24.2 Å². The first-order chi connectivity index (χ1) is 10.7. The van der Waals surface area contributed by atoms with Crippen LogP contribution in [-0.2, 0) is 6.54 Å². The summed E-state index contributed by atoms with van der Waals surface area (Å²) < 4.78 is 11.2. The highest BCUT2D eigenvalue weighted by Gasteiger charge is 2.10. The van der Waals surface area contributed by atoms with Crippen molar-refractivity contribution in [3.05, 3.63) is 34.3 Å². The topological polar surface area (TPSA) is 81.8 Å². The molecule has 0 radical (unpaired) electrons. The van der Waals surface area contributed by atoms with Gasteiger partial charge < -0.3 is 20.5 Å². The van der Waals surface area contributed by atoms with Crippen LogP contribution in [0.15, 0.2) is 29.4 Å². The van der Waals surface area contributed by atoms with Crippen LogP contribution in [0.4, 0.5) is 5.69 Å². The summed E-state index contributed by atoms with van der Waals surface area (Å²) in [5.41, 5.74) is 6.74. The largest absolute Gasteiger partial charge is 0.490 e. The average Bonchev–Trinajstić information content (AvgIpc) is 2.78. The average molecular weight is 318 g/mol. The van der Waals surface area contributed by atoms with Crippen LogP contribution in [0.2, 0.25) is 0 Å². The summed E-state index contributed by atoms with van der Waals surface area (Å²) in [5, 5.41) is 4.09. The molecule has 3 rings (SSSR count). The molecule has 0 saturated heterocycles. The summed E-state index contributed by atoms with van der Waals surface area (Å²) in [6.45, 7) is 3.83. The lowest BCUT2D eigenvalue weighted by molar-refractivity contribution is 0.297. The molecule has 22 heavy (non-hydrogen) atoms. The highest BCUT2D eigenvalue weighted by molar-refractivity contribution is 7.11. The van der Waals surface area contributed by atoms with Crippen molar-refractivity contribution in [2.75, 3.05) is 18.5 Å². The van der Waals surface area contributed by atoms with E-state index in [4.69, 9.17) is 15.2 Å². The van der Waals surface area contributed by atoms with Gasteiger partial charge in [-0.25, -0.2) is 9.98 Å². The van der Waals surface area contributed by atoms with Gasteiger partial charge in [-0.05, 0) is 19.1 Å². The highest BCUT2D eigenvalue weighted by Crippen LogP contribution is 2.32. The molecule has 1 aliphatic rings. The van der Waals surface area contributed by atoms with E-state index in [-0.39, 0.29) is 0 Å². The molecular weight excluding hydrogens is 300 g/mol. The minimum atomic E-state index is 0.362. The third-order valence-corrected chi connectivity index (χ3v) is 3.99. The number of rotatable bonds is 3. The Morgan fingerprint density at radius 2 is 2.18 bits per heavy atom. The summed E-state index contributed by atoms with van der Waals surface area (Å²) in [6.07, 6.45) is 2.71. The number of aliphatic imine (C=N–C) groups is 1. The third kappa shape index (κ3) is 3.67. The first-order valence-electron chi connectivity index (χ1n) is 7.08. The number of nitrogens with zero attached hydrogens (tertiary/aromatic N) is 2. The molecule has 116 valence electrons. The SMILES string of the molecule is Cc1ncc(CN=C(N)Nc2ccc3c(c2)OCCCO3)s1. The smallest absolute Gasteiger partial charge is 0.193 e. The molecule has 0 unspecified atom stereocenters. The molecule has 2 aromatic rings. The number of aromatic nitrogens is 1. The van der Waals surface area contributed by atoms with E-state index in [1.165, 1.54) is 0 Å².